The van der Waals surface area contributed by atoms with Crippen LogP contribution in [0.5, 0.6) is 0 Å². The fraction of sp³-hybridized carbons (Fsp3) is 0.615. The summed E-state index contributed by atoms with van der Waals surface area (Å²) >= 11 is 0. The molecule has 8 nitrogen and oxygen atoms in total. The van der Waals surface area contributed by atoms with E-state index in [4.69, 9.17) is 4.74 Å². The van der Waals surface area contributed by atoms with Gasteiger partial charge in [-0.3, -0.25) is 4.79 Å². The van der Waals surface area contributed by atoms with Crippen molar-refractivity contribution < 1.29 is 17.9 Å². The number of hydrogen-bond donors (Lipinski definition) is 0. The van der Waals surface area contributed by atoms with Crippen LogP contribution in [-0.4, -0.2) is 62.9 Å². The maximum Gasteiger partial charge on any atom is 0.255 e. The summed E-state index contributed by atoms with van der Waals surface area (Å²) in [7, 11) is -1.87. The third kappa shape index (κ3) is 1.99. The summed E-state index contributed by atoms with van der Waals surface area (Å²) in [5.41, 5.74) is -0.313. The molecule has 1 amide bonds. The molecule has 0 aromatic carbocycles. The summed E-state index contributed by atoms with van der Waals surface area (Å²) in [5.74, 6) is 0.389. The van der Waals surface area contributed by atoms with Crippen molar-refractivity contribution in [1.29, 1.82) is 0 Å². The lowest BCUT2D eigenvalue weighted by Crippen LogP contribution is -2.68. The van der Waals surface area contributed by atoms with E-state index in [9.17, 15) is 13.2 Å². The number of amides is 1. The van der Waals surface area contributed by atoms with Gasteiger partial charge in [-0.15, -0.1) is 0 Å². The molecule has 0 saturated carbocycles. The van der Waals surface area contributed by atoms with Crippen molar-refractivity contribution in [1.82, 2.24) is 9.97 Å². The number of hydrogen-bond acceptors (Lipinski definition) is 7. The highest BCUT2D eigenvalue weighted by molar-refractivity contribution is 7.90. The molecule has 3 heterocycles. The Hall–Kier alpha value is -1.74. The number of ether oxygens (including phenoxy) is 1. The second kappa shape index (κ2) is 4.88. The Morgan fingerprint density at radius 1 is 1.45 bits per heavy atom. The van der Waals surface area contributed by atoms with Crippen LogP contribution in [0, 0.1) is 0 Å². The third-order valence-electron chi connectivity index (χ3n) is 4.28. The van der Waals surface area contributed by atoms with E-state index >= 15 is 0 Å². The molecule has 22 heavy (non-hydrogen) atoms. The lowest BCUT2D eigenvalue weighted by atomic mass is 9.89. The molecule has 0 radical (unpaired) electrons. The van der Waals surface area contributed by atoms with E-state index in [-0.39, 0.29) is 17.7 Å². The van der Waals surface area contributed by atoms with Gasteiger partial charge in [0.1, 0.15) is 11.2 Å². The van der Waals surface area contributed by atoms with Crippen LogP contribution in [0.3, 0.4) is 0 Å². The summed E-state index contributed by atoms with van der Waals surface area (Å²) < 4.78 is 29.0. The van der Waals surface area contributed by atoms with Crippen LogP contribution < -0.4 is 9.80 Å². The SMILES string of the molecule is CCC12COCCN1c1nc(S(C)(=O)=O)ncc1N(C)C2=O. The summed E-state index contributed by atoms with van der Waals surface area (Å²) in [5, 5.41) is -0.231. The van der Waals surface area contributed by atoms with Crippen LogP contribution in [0.1, 0.15) is 13.3 Å². The van der Waals surface area contributed by atoms with Crippen molar-refractivity contribution in [2.24, 2.45) is 0 Å². The van der Waals surface area contributed by atoms with Gasteiger partial charge in [0.15, 0.2) is 5.82 Å². The first-order valence-corrected chi connectivity index (χ1v) is 8.91. The molecule has 0 aliphatic carbocycles. The highest BCUT2D eigenvalue weighted by Crippen LogP contribution is 2.41. The summed E-state index contributed by atoms with van der Waals surface area (Å²) in [4.78, 5) is 24.2. The third-order valence-corrected chi connectivity index (χ3v) is 5.14. The molecule has 1 unspecified atom stereocenters. The van der Waals surface area contributed by atoms with E-state index in [1.807, 2.05) is 11.8 Å². The molecule has 120 valence electrons. The van der Waals surface area contributed by atoms with Gasteiger partial charge in [-0.05, 0) is 6.42 Å². The molecule has 1 fully saturated rings. The van der Waals surface area contributed by atoms with Gasteiger partial charge in [0.25, 0.3) is 5.91 Å². The smallest absolute Gasteiger partial charge is 0.255 e. The van der Waals surface area contributed by atoms with Gasteiger partial charge in [0, 0.05) is 19.8 Å². The van der Waals surface area contributed by atoms with Crippen molar-refractivity contribution in [2.75, 3.05) is 42.9 Å². The molecular weight excluding hydrogens is 308 g/mol. The van der Waals surface area contributed by atoms with Crippen molar-refractivity contribution in [2.45, 2.75) is 24.0 Å². The van der Waals surface area contributed by atoms with Gasteiger partial charge in [0.2, 0.25) is 15.0 Å². The number of carbonyl (C=O) groups excluding carboxylic acids is 1. The molecule has 1 saturated heterocycles. The Balaban J connectivity index is 2.23. The zero-order valence-corrected chi connectivity index (χ0v) is 13.6. The van der Waals surface area contributed by atoms with Crippen LogP contribution in [0.2, 0.25) is 0 Å². The molecule has 9 heteroatoms. The minimum absolute atomic E-state index is 0.0853. The van der Waals surface area contributed by atoms with E-state index in [1.165, 1.54) is 11.1 Å². The highest BCUT2D eigenvalue weighted by Gasteiger charge is 2.52. The molecule has 0 bridgehead atoms. The van der Waals surface area contributed by atoms with Crippen LogP contribution in [-0.2, 0) is 19.4 Å². The topological polar surface area (TPSA) is 92.7 Å². The zero-order chi connectivity index (χ0) is 16.1. The predicted molar refractivity (Wildman–Crippen MR) is 79.7 cm³/mol. The van der Waals surface area contributed by atoms with Gasteiger partial charge in [-0.25, -0.2) is 13.4 Å². The number of aromatic nitrogens is 2. The van der Waals surface area contributed by atoms with Crippen molar-refractivity contribution in [3.05, 3.63) is 6.20 Å². The van der Waals surface area contributed by atoms with E-state index in [0.29, 0.717) is 31.1 Å². The number of sulfone groups is 1. The van der Waals surface area contributed by atoms with E-state index in [2.05, 4.69) is 9.97 Å². The van der Waals surface area contributed by atoms with Crippen LogP contribution >= 0.6 is 0 Å². The summed E-state index contributed by atoms with van der Waals surface area (Å²) in [6.07, 6.45) is 3.01. The van der Waals surface area contributed by atoms with Crippen molar-refractivity contribution in [3.8, 4) is 0 Å². The second-order valence-corrected chi connectivity index (χ2v) is 7.50. The molecule has 1 atom stereocenters. The quantitative estimate of drug-likeness (QED) is 0.697. The fourth-order valence-electron chi connectivity index (χ4n) is 3.01. The van der Waals surface area contributed by atoms with E-state index in [1.54, 1.807) is 7.05 Å². The van der Waals surface area contributed by atoms with Crippen LogP contribution in [0.25, 0.3) is 0 Å². The Morgan fingerprint density at radius 3 is 2.82 bits per heavy atom. The Morgan fingerprint density at radius 2 is 2.18 bits per heavy atom. The number of fused-ring (bicyclic) bond motifs is 3. The molecule has 0 spiro atoms. The van der Waals surface area contributed by atoms with Crippen LogP contribution in [0.15, 0.2) is 11.4 Å². The maximum absolute atomic E-state index is 12.8. The summed E-state index contributed by atoms with van der Waals surface area (Å²) in [6.45, 7) is 3.14. The first-order valence-electron chi connectivity index (χ1n) is 7.02. The number of anilines is 2. The number of nitrogens with zero attached hydrogens (tertiary/aromatic N) is 4. The minimum atomic E-state index is -3.52. The lowest BCUT2D eigenvalue weighted by Gasteiger charge is -2.51. The first kappa shape index (κ1) is 15.2. The molecule has 0 N–H and O–H groups in total. The fourth-order valence-corrected chi connectivity index (χ4v) is 3.50. The standard InChI is InChI=1S/C13H18N4O4S/c1-4-13-8-21-6-5-17(13)10-9(16(2)11(13)18)7-14-12(15-10)22(3,19)20/h7H,4-6,8H2,1-3H3. The normalized spacial score (nSPS) is 25.0. The zero-order valence-electron chi connectivity index (χ0n) is 12.7. The predicted octanol–water partition coefficient (Wildman–Crippen LogP) is -0.158. The molecular formula is C13H18N4O4S. The number of morpholine rings is 1. The second-order valence-electron chi connectivity index (χ2n) is 5.59. The lowest BCUT2D eigenvalue weighted by molar-refractivity contribution is -0.128. The van der Waals surface area contributed by atoms with Crippen LogP contribution in [0.4, 0.5) is 11.5 Å². The number of rotatable bonds is 2. The highest BCUT2D eigenvalue weighted by atomic mass is 32.2. The Labute approximate surface area is 129 Å². The maximum atomic E-state index is 12.8. The Kier molecular flexibility index (Phi) is 3.37. The van der Waals surface area contributed by atoms with Crippen molar-refractivity contribution >= 4 is 27.2 Å². The molecule has 1 aromatic rings. The first-order chi connectivity index (χ1) is 10.3. The minimum Gasteiger partial charge on any atom is -0.377 e. The number of carbonyl (C=O) groups is 1. The van der Waals surface area contributed by atoms with Gasteiger partial charge in [0.05, 0.1) is 19.4 Å². The largest absolute Gasteiger partial charge is 0.377 e. The van der Waals surface area contributed by atoms with Gasteiger partial charge in [-0.1, -0.05) is 6.92 Å². The van der Waals surface area contributed by atoms with E-state index in [0.717, 1.165) is 6.26 Å². The van der Waals surface area contributed by atoms with E-state index < -0.39 is 15.4 Å². The average Bonchev–Trinajstić information content (AvgIpc) is 2.51. The molecule has 2 aliphatic heterocycles. The van der Waals surface area contributed by atoms with Gasteiger partial charge >= 0.3 is 0 Å². The summed E-state index contributed by atoms with van der Waals surface area (Å²) in [6, 6.07) is 0. The molecule has 3 rings (SSSR count). The number of likely N-dealkylation sites (N-methyl/N-ethyl adjacent to an activating group) is 1. The Bertz CT molecular complexity index is 736. The van der Waals surface area contributed by atoms with Crippen molar-refractivity contribution in [3.63, 3.8) is 0 Å². The molecule has 1 aromatic heterocycles. The average molecular weight is 326 g/mol. The molecule has 2 aliphatic rings. The van der Waals surface area contributed by atoms with Gasteiger partial charge in [-0.2, -0.15) is 4.98 Å². The monoisotopic (exact) mass is 326 g/mol. The van der Waals surface area contributed by atoms with Gasteiger partial charge < -0.3 is 14.5 Å².